The van der Waals surface area contributed by atoms with E-state index in [-0.39, 0.29) is 11.9 Å². The zero-order chi connectivity index (χ0) is 20.5. The van der Waals surface area contributed by atoms with Crippen molar-refractivity contribution in [2.45, 2.75) is 13.0 Å². The summed E-state index contributed by atoms with van der Waals surface area (Å²) in [5.41, 5.74) is 1.57. The molecule has 5 rings (SSSR count). The van der Waals surface area contributed by atoms with Crippen LogP contribution in [0.1, 0.15) is 17.3 Å². The van der Waals surface area contributed by atoms with Gasteiger partial charge >= 0.3 is 0 Å². The number of carbonyl (C=O) groups excluding carboxylic acids is 1. The van der Waals surface area contributed by atoms with Crippen molar-refractivity contribution in [2.24, 2.45) is 0 Å². The number of amides is 1. The van der Waals surface area contributed by atoms with Gasteiger partial charge in [-0.3, -0.25) is 9.36 Å². The minimum Gasteiger partial charge on any atom is -0.337 e. The Bertz CT molecular complexity index is 1180. The Labute approximate surface area is 173 Å². The standard InChI is InChI=1S/C22H21N7O/c1-16-14-27(21-23-8-4-9-24-21)12-13-28(16)20(30)18-15-29(22-25-10-5-11-26-22)19-7-3-2-6-17(18)19/h2-11,15-16H,12-14H2,1H3/t16-/m0/s1. The molecule has 1 atom stereocenters. The van der Waals surface area contributed by atoms with E-state index in [4.69, 9.17) is 0 Å². The first-order valence-corrected chi connectivity index (χ1v) is 9.93. The van der Waals surface area contributed by atoms with Crippen molar-refractivity contribution < 1.29 is 4.79 Å². The summed E-state index contributed by atoms with van der Waals surface area (Å²) < 4.78 is 1.88. The fourth-order valence-corrected chi connectivity index (χ4v) is 3.98. The number of aromatic nitrogens is 5. The first-order chi connectivity index (χ1) is 14.7. The predicted octanol–water partition coefficient (Wildman–Crippen LogP) is 2.56. The molecular weight excluding hydrogens is 378 g/mol. The predicted molar refractivity (Wildman–Crippen MR) is 114 cm³/mol. The van der Waals surface area contributed by atoms with Crippen LogP contribution in [0.3, 0.4) is 0 Å². The van der Waals surface area contributed by atoms with Crippen molar-refractivity contribution in [2.75, 3.05) is 24.5 Å². The second kappa shape index (κ2) is 7.55. The van der Waals surface area contributed by atoms with Gasteiger partial charge in [0.05, 0.1) is 11.1 Å². The Kier molecular flexibility index (Phi) is 4.59. The van der Waals surface area contributed by atoms with Gasteiger partial charge in [-0.25, -0.2) is 19.9 Å². The molecule has 0 N–H and O–H groups in total. The highest BCUT2D eigenvalue weighted by molar-refractivity contribution is 6.07. The number of nitrogens with zero attached hydrogens (tertiary/aromatic N) is 7. The molecule has 0 spiro atoms. The highest BCUT2D eigenvalue weighted by Crippen LogP contribution is 2.26. The molecule has 0 bridgehead atoms. The van der Waals surface area contributed by atoms with Crippen LogP contribution in [-0.4, -0.2) is 61.0 Å². The molecule has 150 valence electrons. The molecular formula is C22H21N7O. The second-order valence-corrected chi connectivity index (χ2v) is 7.32. The van der Waals surface area contributed by atoms with Crippen molar-refractivity contribution in [3.8, 4) is 5.95 Å². The fraction of sp³-hybridized carbons (Fsp3) is 0.227. The Morgan fingerprint density at radius 1 is 0.900 bits per heavy atom. The van der Waals surface area contributed by atoms with Crippen LogP contribution in [0, 0.1) is 0 Å². The Hall–Kier alpha value is -3.81. The van der Waals surface area contributed by atoms with Crippen LogP contribution in [0.2, 0.25) is 0 Å². The summed E-state index contributed by atoms with van der Waals surface area (Å²) in [5.74, 6) is 1.27. The molecule has 1 aliphatic rings. The van der Waals surface area contributed by atoms with Gasteiger partial charge in [-0.05, 0) is 25.1 Å². The van der Waals surface area contributed by atoms with Gasteiger partial charge in [-0.1, -0.05) is 18.2 Å². The highest BCUT2D eigenvalue weighted by atomic mass is 16.2. The number of hydrogen-bond donors (Lipinski definition) is 0. The zero-order valence-corrected chi connectivity index (χ0v) is 16.6. The van der Waals surface area contributed by atoms with Gasteiger partial charge in [0.1, 0.15) is 0 Å². The van der Waals surface area contributed by atoms with E-state index >= 15 is 0 Å². The molecule has 0 radical (unpaired) electrons. The maximum Gasteiger partial charge on any atom is 0.256 e. The van der Waals surface area contributed by atoms with Gasteiger partial charge in [0.15, 0.2) is 0 Å². The summed E-state index contributed by atoms with van der Waals surface area (Å²) in [6.07, 6.45) is 8.73. The van der Waals surface area contributed by atoms with Crippen molar-refractivity contribution >= 4 is 22.8 Å². The minimum absolute atomic E-state index is 0.0158. The normalized spacial score (nSPS) is 16.8. The summed E-state index contributed by atoms with van der Waals surface area (Å²) in [4.78, 5) is 35.0. The fourth-order valence-electron chi connectivity index (χ4n) is 3.98. The lowest BCUT2D eigenvalue weighted by molar-refractivity contribution is 0.0675. The van der Waals surface area contributed by atoms with Crippen LogP contribution < -0.4 is 4.90 Å². The maximum absolute atomic E-state index is 13.5. The monoisotopic (exact) mass is 399 g/mol. The second-order valence-electron chi connectivity index (χ2n) is 7.32. The third-order valence-corrected chi connectivity index (χ3v) is 5.43. The molecule has 0 unspecified atom stereocenters. The molecule has 3 aromatic heterocycles. The molecule has 0 aliphatic carbocycles. The molecule has 1 aromatic carbocycles. The first-order valence-electron chi connectivity index (χ1n) is 9.93. The van der Waals surface area contributed by atoms with Gasteiger partial charge in [0.25, 0.3) is 5.91 Å². The summed E-state index contributed by atoms with van der Waals surface area (Å²) in [7, 11) is 0. The van der Waals surface area contributed by atoms with Gasteiger partial charge < -0.3 is 9.80 Å². The molecule has 30 heavy (non-hydrogen) atoms. The molecule has 8 heteroatoms. The van der Waals surface area contributed by atoms with E-state index < -0.39 is 0 Å². The quantitative estimate of drug-likeness (QED) is 0.527. The van der Waals surface area contributed by atoms with Crippen LogP contribution in [0.25, 0.3) is 16.9 Å². The number of benzene rings is 1. The average molecular weight is 399 g/mol. The molecule has 4 heterocycles. The van der Waals surface area contributed by atoms with Crippen LogP contribution in [0.4, 0.5) is 5.95 Å². The van der Waals surface area contributed by atoms with E-state index in [1.165, 1.54) is 0 Å². The summed E-state index contributed by atoms with van der Waals surface area (Å²) in [6.45, 7) is 4.06. The summed E-state index contributed by atoms with van der Waals surface area (Å²) >= 11 is 0. The van der Waals surface area contributed by atoms with E-state index in [9.17, 15) is 4.79 Å². The molecule has 8 nitrogen and oxygen atoms in total. The van der Waals surface area contributed by atoms with E-state index in [0.29, 0.717) is 37.1 Å². The van der Waals surface area contributed by atoms with Crippen LogP contribution in [-0.2, 0) is 0 Å². The number of para-hydroxylation sites is 1. The van der Waals surface area contributed by atoms with Crippen LogP contribution in [0.15, 0.2) is 67.4 Å². The number of anilines is 1. The van der Waals surface area contributed by atoms with Crippen molar-refractivity contribution in [1.29, 1.82) is 0 Å². The molecule has 0 saturated carbocycles. The lowest BCUT2D eigenvalue weighted by Crippen LogP contribution is -2.54. The highest BCUT2D eigenvalue weighted by Gasteiger charge is 2.31. The molecule has 1 aliphatic heterocycles. The Balaban J connectivity index is 1.46. The molecule has 1 saturated heterocycles. The maximum atomic E-state index is 13.5. The van der Waals surface area contributed by atoms with Crippen molar-refractivity contribution in [1.82, 2.24) is 29.4 Å². The largest absolute Gasteiger partial charge is 0.337 e. The van der Waals surface area contributed by atoms with Crippen LogP contribution >= 0.6 is 0 Å². The summed E-state index contributed by atoms with van der Waals surface area (Å²) in [5, 5.41) is 0.899. The van der Waals surface area contributed by atoms with Crippen LogP contribution in [0.5, 0.6) is 0 Å². The average Bonchev–Trinajstić information content (AvgIpc) is 3.19. The Morgan fingerprint density at radius 3 is 2.27 bits per heavy atom. The SMILES string of the molecule is C[C@H]1CN(c2ncccn2)CCN1C(=O)c1cn(-c2ncccn2)c2ccccc12. The zero-order valence-electron chi connectivity index (χ0n) is 16.6. The smallest absolute Gasteiger partial charge is 0.256 e. The van der Waals surface area contributed by atoms with E-state index in [2.05, 4.69) is 31.8 Å². The lowest BCUT2D eigenvalue weighted by atomic mass is 10.1. The summed E-state index contributed by atoms with van der Waals surface area (Å²) in [6, 6.07) is 11.5. The Morgan fingerprint density at radius 2 is 1.57 bits per heavy atom. The number of fused-ring (bicyclic) bond motifs is 1. The van der Waals surface area contributed by atoms with E-state index in [0.717, 1.165) is 10.9 Å². The molecule has 1 fully saturated rings. The van der Waals surface area contributed by atoms with E-state index in [1.807, 2.05) is 39.9 Å². The van der Waals surface area contributed by atoms with Gasteiger partial charge in [-0.15, -0.1) is 0 Å². The number of piperazine rings is 1. The van der Waals surface area contributed by atoms with Crippen molar-refractivity contribution in [3.05, 3.63) is 72.9 Å². The third-order valence-electron chi connectivity index (χ3n) is 5.43. The number of hydrogen-bond acceptors (Lipinski definition) is 6. The minimum atomic E-state index is 0.0158. The topological polar surface area (TPSA) is 80.0 Å². The molecule has 1 amide bonds. The third kappa shape index (κ3) is 3.16. The molecule has 4 aromatic rings. The van der Waals surface area contributed by atoms with E-state index in [1.54, 1.807) is 36.9 Å². The lowest BCUT2D eigenvalue weighted by Gasteiger charge is -2.39. The number of rotatable bonds is 3. The van der Waals surface area contributed by atoms with Gasteiger partial charge in [0, 0.05) is 62.0 Å². The van der Waals surface area contributed by atoms with Gasteiger partial charge in [-0.2, -0.15) is 0 Å². The first kappa shape index (κ1) is 18.2. The van der Waals surface area contributed by atoms with Gasteiger partial charge in [0.2, 0.25) is 11.9 Å². The van der Waals surface area contributed by atoms with Crippen molar-refractivity contribution in [3.63, 3.8) is 0 Å². The number of carbonyl (C=O) groups is 1.